The molecule has 0 aliphatic carbocycles. The molecule has 13 heteroatoms. The van der Waals surface area contributed by atoms with Crippen LogP contribution in [0, 0.1) is 0 Å². The van der Waals surface area contributed by atoms with Crippen molar-refractivity contribution >= 4 is 35.9 Å². The third-order valence-corrected chi connectivity index (χ3v) is 12.2. The summed E-state index contributed by atoms with van der Waals surface area (Å²) in [5.74, 6) is -2.60. The van der Waals surface area contributed by atoms with Crippen LogP contribution in [0.2, 0.25) is 0 Å². The summed E-state index contributed by atoms with van der Waals surface area (Å²) in [6, 6.07) is 57.2. The largest absolute Gasteiger partial charge is 1.00 e. The first-order chi connectivity index (χ1) is 32.8. The number of aliphatic carboxylic acids is 1. The molecule has 2 aliphatic heterocycles. The van der Waals surface area contributed by atoms with E-state index in [1.165, 1.54) is 7.11 Å². The topological polar surface area (TPSA) is 172 Å². The van der Waals surface area contributed by atoms with E-state index in [1.54, 1.807) is 9.80 Å². The van der Waals surface area contributed by atoms with Crippen molar-refractivity contribution in [1.82, 2.24) is 19.6 Å². The molecule has 0 unspecified atom stereocenters. The van der Waals surface area contributed by atoms with Gasteiger partial charge in [0.25, 0.3) is 0 Å². The number of piperazine rings is 2. The average molecular weight is 937 g/mol. The van der Waals surface area contributed by atoms with Crippen LogP contribution in [0.4, 0.5) is 0 Å². The van der Waals surface area contributed by atoms with Crippen molar-refractivity contribution in [3.05, 3.63) is 228 Å². The summed E-state index contributed by atoms with van der Waals surface area (Å²) in [6.45, 7) is 4.25. The van der Waals surface area contributed by atoms with Crippen molar-refractivity contribution < 1.29 is 58.8 Å². The first kappa shape index (κ1) is 55.7. The average Bonchev–Trinajstić information content (AvgIpc) is 3.38. The number of carboxylic acid groups (broad SMARTS) is 1. The van der Waals surface area contributed by atoms with Gasteiger partial charge in [-0.25, -0.2) is 9.59 Å². The Morgan fingerprint density at radius 3 is 1.13 bits per heavy atom. The second-order valence-corrected chi connectivity index (χ2v) is 16.6. The fourth-order valence-electron chi connectivity index (χ4n) is 8.76. The number of benzene rings is 6. The van der Waals surface area contributed by atoms with E-state index in [2.05, 4.69) is 34.1 Å². The van der Waals surface area contributed by atoms with Crippen LogP contribution in [-0.4, -0.2) is 131 Å². The molecule has 0 spiro atoms. The zero-order chi connectivity index (χ0) is 46.8. The van der Waals surface area contributed by atoms with Gasteiger partial charge in [-0.15, -0.1) is 0 Å². The molecule has 4 N–H and O–H groups in total. The molecule has 2 saturated heterocycles. The van der Waals surface area contributed by atoms with Gasteiger partial charge in [-0.05, 0) is 33.4 Å². The second kappa shape index (κ2) is 28.6. The van der Waals surface area contributed by atoms with Crippen LogP contribution >= 0.6 is 0 Å². The number of amides is 2. The van der Waals surface area contributed by atoms with Gasteiger partial charge in [-0.2, -0.15) is 0 Å². The van der Waals surface area contributed by atoms with E-state index in [1.807, 2.05) is 182 Å². The molecule has 0 bridgehead atoms. The van der Waals surface area contributed by atoms with Gasteiger partial charge in [0.05, 0.1) is 18.9 Å². The minimum absolute atomic E-state index is 0. The predicted molar refractivity (Wildman–Crippen MR) is 269 cm³/mol. The van der Waals surface area contributed by atoms with Gasteiger partial charge < -0.3 is 30.6 Å². The van der Waals surface area contributed by atoms with Crippen LogP contribution in [0.25, 0.3) is 12.2 Å². The van der Waals surface area contributed by atoms with E-state index in [0.717, 1.165) is 33.4 Å². The summed E-state index contributed by atoms with van der Waals surface area (Å²) in [5.41, 5.74) is 5.80. The van der Waals surface area contributed by atoms with Crippen molar-refractivity contribution in [3.63, 3.8) is 0 Å². The van der Waals surface area contributed by atoms with Gasteiger partial charge in [0, 0.05) is 52.4 Å². The smallest absolute Gasteiger partial charge is 0.870 e. The number of methoxy groups -OCH3 is 1. The molecule has 6 aromatic rings. The Morgan fingerprint density at radius 1 is 0.514 bits per heavy atom. The van der Waals surface area contributed by atoms with Crippen LogP contribution in [-0.2, 0) is 23.9 Å². The monoisotopic (exact) mass is 936 g/mol. The number of carbonyl (C=O) groups excluding carboxylic acids is 3. The predicted octanol–water partition coefficient (Wildman–Crippen LogP) is 4.35. The summed E-state index contributed by atoms with van der Waals surface area (Å²) < 4.78 is 5.11. The number of hydrogen-bond donors (Lipinski definition) is 1. The van der Waals surface area contributed by atoms with Crippen LogP contribution in [0.1, 0.15) is 45.2 Å². The van der Waals surface area contributed by atoms with Crippen molar-refractivity contribution in [1.29, 1.82) is 0 Å². The zero-order valence-electron chi connectivity index (χ0n) is 39.8. The molecule has 0 aromatic heterocycles. The maximum atomic E-state index is 13.9. The van der Waals surface area contributed by atoms with E-state index in [-0.39, 0.29) is 47.6 Å². The standard InChI is InChI=1S/C29H30N2O3.C28H28N2O3.Li.2H2O/c1-34-29(33)26-22-30(19-11-14-23-12-5-2-6-13-23)20-21-31(26)28(32)27(24-15-7-3-8-16-24)25-17-9-4-10-18-25;31-27(26(23-14-6-2-7-15-23)24-16-8-3-9-17-24)30-20-19-29(21-25(30)28(32)33)18-10-13-22-11-4-1-5-12-22;;;/h2-18,26-27H,19-22H2,1H3;1-17,25-26H,18-21H2,(H,32,33);;2*1H2/q;;+1;;/p-1/b14-11+;13-10+;;;/t26-;25-;;;/m00.../s1. The molecule has 70 heavy (non-hydrogen) atoms. The Labute approximate surface area is 423 Å². The molecule has 2 atom stereocenters. The van der Waals surface area contributed by atoms with E-state index in [0.29, 0.717) is 52.4 Å². The molecular formula is C57H61LiN4O8. The quantitative estimate of drug-likeness (QED) is 0.123. The third-order valence-electron chi connectivity index (χ3n) is 12.2. The first-order valence-corrected chi connectivity index (χ1v) is 22.8. The summed E-state index contributed by atoms with van der Waals surface area (Å²) >= 11 is 0. The maximum absolute atomic E-state index is 13.9. The van der Waals surface area contributed by atoms with Gasteiger partial charge in [-0.3, -0.25) is 19.4 Å². The summed E-state index contributed by atoms with van der Waals surface area (Å²) in [5, 5.41) is 9.96. The molecule has 0 saturated carbocycles. The van der Waals surface area contributed by atoms with Crippen molar-refractivity contribution in [2.45, 2.75) is 23.9 Å². The molecule has 0 radical (unpaired) electrons. The molecule has 6 aromatic carbocycles. The summed E-state index contributed by atoms with van der Waals surface area (Å²) in [4.78, 5) is 60.1. The van der Waals surface area contributed by atoms with Gasteiger partial charge in [-0.1, -0.05) is 206 Å². The molecule has 2 heterocycles. The number of ether oxygens (including phenoxy) is 1. The van der Waals surface area contributed by atoms with Crippen LogP contribution in [0.15, 0.2) is 194 Å². The molecule has 358 valence electrons. The third kappa shape index (κ3) is 15.1. The van der Waals surface area contributed by atoms with Crippen molar-refractivity contribution in [2.75, 3.05) is 59.5 Å². The molecule has 8 rings (SSSR count). The zero-order valence-corrected chi connectivity index (χ0v) is 39.8. The maximum Gasteiger partial charge on any atom is 1.00 e. The minimum atomic E-state index is -0.972. The Kier molecular flexibility index (Phi) is 22.7. The normalized spacial score (nSPS) is 16.0. The summed E-state index contributed by atoms with van der Waals surface area (Å²) in [6.07, 6.45) is 8.25. The molecule has 2 amide bonds. The van der Waals surface area contributed by atoms with E-state index >= 15 is 0 Å². The molecular weight excluding hydrogens is 876 g/mol. The molecule has 2 aliphatic rings. The number of esters is 1. The first-order valence-electron chi connectivity index (χ1n) is 22.8. The van der Waals surface area contributed by atoms with Crippen molar-refractivity contribution in [3.8, 4) is 0 Å². The number of carboxylic acids is 1. The fourth-order valence-corrected chi connectivity index (χ4v) is 8.76. The number of carbonyl (C=O) groups is 4. The van der Waals surface area contributed by atoms with Crippen LogP contribution < -0.4 is 18.9 Å². The van der Waals surface area contributed by atoms with E-state index < -0.39 is 29.9 Å². The van der Waals surface area contributed by atoms with Crippen molar-refractivity contribution in [2.24, 2.45) is 0 Å². The fraction of sp³-hybridized carbons (Fsp3) is 0.228. The Hall–Kier alpha value is -6.88. The number of rotatable bonds is 14. The van der Waals surface area contributed by atoms with Gasteiger partial charge in [0.15, 0.2) is 0 Å². The SMILES string of the molecule is COC(=O)[C@@H]1CN(C/C=C/c2ccccc2)CCN1C(=O)C(c1ccccc1)c1ccccc1.O.O=C(O)[C@@H]1CN(C/C=C/c2ccccc2)CCN1C(=O)C(c1ccccc1)c1ccccc1.[Li+].[OH-]. The Morgan fingerprint density at radius 2 is 0.814 bits per heavy atom. The molecule has 12 nitrogen and oxygen atoms in total. The van der Waals surface area contributed by atoms with Gasteiger partial charge >= 0.3 is 30.8 Å². The molecule has 2 fully saturated rings. The second-order valence-electron chi connectivity index (χ2n) is 16.6. The number of hydrogen-bond acceptors (Lipinski definition) is 8. The van der Waals surface area contributed by atoms with Gasteiger partial charge in [0.2, 0.25) is 11.8 Å². The van der Waals surface area contributed by atoms with Gasteiger partial charge in [0.1, 0.15) is 12.1 Å². The Balaban J connectivity index is 0.000000292. The van der Waals surface area contributed by atoms with E-state index in [4.69, 9.17) is 4.74 Å². The number of nitrogens with zero attached hydrogens (tertiary/aromatic N) is 4. The van der Waals surface area contributed by atoms with Crippen LogP contribution in [0.5, 0.6) is 0 Å². The van der Waals surface area contributed by atoms with E-state index in [9.17, 15) is 24.3 Å². The summed E-state index contributed by atoms with van der Waals surface area (Å²) in [7, 11) is 1.38. The minimum Gasteiger partial charge on any atom is -0.870 e. The Bertz CT molecular complexity index is 2480. The van der Waals surface area contributed by atoms with Crippen LogP contribution in [0.3, 0.4) is 0 Å².